The topological polar surface area (TPSA) is 121 Å². The summed E-state index contributed by atoms with van der Waals surface area (Å²) >= 11 is 0. The van der Waals surface area contributed by atoms with Crippen molar-refractivity contribution in [2.45, 2.75) is 4.90 Å². The van der Waals surface area contributed by atoms with E-state index in [2.05, 4.69) is 20.6 Å². The largest absolute Gasteiger partial charge is 0.324 e. The SMILES string of the molecule is O=C(Nc1ccc(S(=O)(=O)O)cc1)Nc1cnccn1. The molecule has 0 aliphatic carbocycles. The number of rotatable bonds is 3. The van der Waals surface area contributed by atoms with Gasteiger partial charge >= 0.3 is 6.03 Å². The van der Waals surface area contributed by atoms with Crippen molar-refractivity contribution in [3.8, 4) is 0 Å². The summed E-state index contributed by atoms with van der Waals surface area (Å²) < 4.78 is 30.5. The Morgan fingerprint density at radius 3 is 2.35 bits per heavy atom. The van der Waals surface area contributed by atoms with Gasteiger partial charge in [0, 0.05) is 18.1 Å². The smallest absolute Gasteiger partial charge is 0.308 e. The number of carbonyl (C=O) groups excluding carboxylic acids is 1. The molecule has 0 saturated carbocycles. The number of anilines is 2. The zero-order chi connectivity index (χ0) is 14.6. The molecule has 1 aromatic carbocycles. The fourth-order valence-corrected chi connectivity index (χ4v) is 1.83. The molecule has 2 aromatic rings. The van der Waals surface area contributed by atoms with Crippen LogP contribution >= 0.6 is 0 Å². The van der Waals surface area contributed by atoms with Crippen molar-refractivity contribution in [3.05, 3.63) is 42.9 Å². The standard InChI is InChI=1S/C11H10N4O4S/c16-11(15-10-7-12-5-6-13-10)14-8-1-3-9(4-2-8)20(17,18)19/h1-7H,(H,17,18,19)(H2,13,14,15,16). The van der Waals surface area contributed by atoms with Crippen LogP contribution in [-0.2, 0) is 10.1 Å². The van der Waals surface area contributed by atoms with Gasteiger partial charge in [0.15, 0.2) is 5.82 Å². The van der Waals surface area contributed by atoms with Crippen LogP contribution in [0.4, 0.5) is 16.3 Å². The lowest BCUT2D eigenvalue weighted by atomic mass is 10.3. The normalized spacial score (nSPS) is 10.8. The Kier molecular flexibility index (Phi) is 3.91. The molecular formula is C11H10N4O4S. The van der Waals surface area contributed by atoms with Gasteiger partial charge in [0.1, 0.15) is 0 Å². The summed E-state index contributed by atoms with van der Waals surface area (Å²) in [5.74, 6) is 0.277. The molecule has 0 radical (unpaired) electrons. The molecule has 2 rings (SSSR count). The van der Waals surface area contributed by atoms with E-state index in [1.54, 1.807) is 0 Å². The number of benzene rings is 1. The molecule has 8 nitrogen and oxygen atoms in total. The highest BCUT2D eigenvalue weighted by molar-refractivity contribution is 7.85. The van der Waals surface area contributed by atoms with Gasteiger partial charge in [-0.25, -0.2) is 9.78 Å². The predicted molar refractivity (Wildman–Crippen MR) is 70.9 cm³/mol. The quantitative estimate of drug-likeness (QED) is 0.735. The van der Waals surface area contributed by atoms with E-state index in [-0.39, 0.29) is 10.7 Å². The van der Waals surface area contributed by atoms with Gasteiger partial charge in [0.2, 0.25) is 0 Å². The molecule has 0 spiro atoms. The maximum absolute atomic E-state index is 11.6. The van der Waals surface area contributed by atoms with Crippen LogP contribution in [-0.4, -0.2) is 29.0 Å². The molecule has 0 saturated heterocycles. The molecule has 104 valence electrons. The first-order valence-electron chi connectivity index (χ1n) is 5.37. The predicted octanol–water partition coefficient (Wildman–Crippen LogP) is 1.37. The second kappa shape index (κ2) is 5.63. The Morgan fingerprint density at radius 1 is 1.10 bits per heavy atom. The Hall–Kier alpha value is -2.52. The van der Waals surface area contributed by atoms with E-state index in [0.29, 0.717) is 5.69 Å². The van der Waals surface area contributed by atoms with E-state index < -0.39 is 16.1 Å². The highest BCUT2D eigenvalue weighted by atomic mass is 32.2. The summed E-state index contributed by atoms with van der Waals surface area (Å²) in [4.78, 5) is 19.0. The molecule has 1 heterocycles. The fraction of sp³-hybridized carbons (Fsp3) is 0. The lowest BCUT2D eigenvalue weighted by molar-refractivity contribution is 0.262. The molecule has 0 atom stereocenters. The van der Waals surface area contributed by atoms with E-state index in [0.717, 1.165) is 0 Å². The van der Waals surface area contributed by atoms with Crippen molar-refractivity contribution in [1.82, 2.24) is 9.97 Å². The number of nitrogens with zero attached hydrogens (tertiary/aromatic N) is 2. The van der Waals surface area contributed by atoms with Crippen LogP contribution in [0.2, 0.25) is 0 Å². The van der Waals surface area contributed by atoms with Crippen molar-refractivity contribution < 1.29 is 17.8 Å². The van der Waals surface area contributed by atoms with Gasteiger partial charge in [-0.2, -0.15) is 8.42 Å². The molecule has 1 aromatic heterocycles. The molecule has 9 heteroatoms. The van der Waals surface area contributed by atoms with Crippen LogP contribution in [0, 0.1) is 0 Å². The van der Waals surface area contributed by atoms with E-state index in [1.165, 1.54) is 42.9 Å². The highest BCUT2D eigenvalue weighted by Crippen LogP contribution is 2.13. The van der Waals surface area contributed by atoms with Gasteiger partial charge in [0.25, 0.3) is 10.1 Å². The van der Waals surface area contributed by atoms with Gasteiger partial charge in [-0.15, -0.1) is 0 Å². The number of carbonyl (C=O) groups is 1. The highest BCUT2D eigenvalue weighted by Gasteiger charge is 2.09. The molecule has 3 N–H and O–H groups in total. The minimum atomic E-state index is -4.24. The van der Waals surface area contributed by atoms with Crippen molar-refractivity contribution in [2.24, 2.45) is 0 Å². The third-order valence-electron chi connectivity index (χ3n) is 2.21. The third-order valence-corrected chi connectivity index (χ3v) is 3.08. The molecule has 2 amide bonds. The number of amides is 2. The Morgan fingerprint density at radius 2 is 1.80 bits per heavy atom. The van der Waals surface area contributed by atoms with Crippen LogP contribution in [0.15, 0.2) is 47.8 Å². The van der Waals surface area contributed by atoms with Crippen LogP contribution in [0.25, 0.3) is 0 Å². The zero-order valence-electron chi connectivity index (χ0n) is 10.0. The van der Waals surface area contributed by atoms with Crippen molar-refractivity contribution in [2.75, 3.05) is 10.6 Å². The van der Waals surface area contributed by atoms with Crippen LogP contribution in [0.1, 0.15) is 0 Å². The summed E-state index contributed by atoms with van der Waals surface area (Å²) in [6.45, 7) is 0. The summed E-state index contributed by atoms with van der Waals surface area (Å²) in [7, 11) is -4.24. The lowest BCUT2D eigenvalue weighted by Gasteiger charge is -2.06. The first-order chi connectivity index (χ1) is 9.45. The van der Waals surface area contributed by atoms with Gasteiger partial charge in [-0.05, 0) is 24.3 Å². The minimum Gasteiger partial charge on any atom is -0.308 e. The first kappa shape index (κ1) is 13.9. The third kappa shape index (κ3) is 3.73. The summed E-state index contributed by atoms with van der Waals surface area (Å²) in [6.07, 6.45) is 4.27. The lowest BCUT2D eigenvalue weighted by Crippen LogP contribution is -2.20. The van der Waals surface area contributed by atoms with Crippen LogP contribution in [0.5, 0.6) is 0 Å². The van der Waals surface area contributed by atoms with Crippen LogP contribution in [0.3, 0.4) is 0 Å². The second-order valence-corrected chi connectivity index (χ2v) is 5.09. The van der Waals surface area contributed by atoms with Gasteiger partial charge in [-0.3, -0.25) is 14.9 Å². The molecule has 0 fully saturated rings. The molecule has 0 aliphatic rings. The average molecular weight is 294 g/mol. The molecular weight excluding hydrogens is 284 g/mol. The van der Waals surface area contributed by atoms with Crippen LogP contribution < -0.4 is 10.6 Å². The van der Waals surface area contributed by atoms with Crippen molar-refractivity contribution >= 4 is 27.7 Å². The Labute approximate surface area is 114 Å². The fourth-order valence-electron chi connectivity index (χ4n) is 1.35. The van der Waals surface area contributed by atoms with Gasteiger partial charge in [0.05, 0.1) is 11.1 Å². The first-order valence-corrected chi connectivity index (χ1v) is 6.81. The van der Waals surface area contributed by atoms with Gasteiger partial charge in [-0.1, -0.05) is 0 Å². The number of hydrogen-bond acceptors (Lipinski definition) is 5. The summed E-state index contributed by atoms with van der Waals surface area (Å²) in [6, 6.07) is 4.49. The van der Waals surface area contributed by atoms with E-state index in [1.807, 2.05) is 0 Å². The van der Waals surface area contributed by atoms with Crippen molar-refractivity contribution in [3.63, 3.8) is 0 Å². The molecule has 0 bridgehead atoms. The zero-order valence-corrected chi connectivity index (χ0v) is 10.8. The second-order valence-electron chi connectivity index (χ2n) is 3.67. The Balaban J connectivity index is 2.02. The number of hydrogen-bond donors (Lipinski definition) is 3. The maximum atomic E-state index is 11.6. The summed E-state index contributed by atoms with van der Waals surface area (Å²) in [5, 5.41) is 4.92. The van der Waals surface area contributed by atoms with Crippen molar-refractivity contribution in [1.29, 1.82) is 0 Å². The number of nitrogens with one attached hydrogen (secondary N) is 2. The Bertz CT molecular complexity index is 701. The maximum Gasteiger partial charge on any atom is 0.324 e. The van der Waals surface area contributed by atoms with E-state index >= 15 is 0 Å². The molecule has 20 heavy (non-hydrogen) atoms. The number of urea groups is 1. The molecule has 0 unspecified atom stereocenters. The number of aromatic nitrogens is 2. The monoisotopic (exact) mass is 294 g/mol. The van der Waals surface area contributed by atoms with E-state index in [4.69, 9.17) is 4.55 Å². The average Bonchev–Trinajstić information content (AvgIpc) is 2.39. The molecule has 0 aliphatic heterocycles. The van der Waals surface area contributed by atoms with E-state index in [9.17, 15) is 13.2 Å². The van der Waals surface area contributed by atoms with Gasteiger partial charge < -0.3 is 5.32 Å². The minimum absolute atomic E-state index is 0.252. The summed E-state index contributed by atoms with van der Waals surface area (Å²) in [5.41, 5.74) is 0.360.